The first-order valence-electron chi connectivity index (χ1n) is 14.1. The number of carbonyl (C=O) groups is 1. The van der Waals surface area contributed by atoms with Gasteiger partial charge >= 0.3 is 5.63 Å². The first-order valence-corrected chi connectivity index (χ1v) is 14.1. The molecule has 0 spiro atoms. The Bertz CT molecular complexity index is 1390. The average molecular weight is 516 g/mol. The molecule has 0 aliphatic carbocycles. The van der Waals surface area contributed by atoms with E-state index in [1.807, 2.05) is 35.2 Å². The second-order valence-corrected chi connectivity index (χ2v) is 11.0. The minimum absolute atomic E-state index is 0.174. The molecule has 38 heavy (non-hydrogen) atoms. The first-order chi connectivity index (χ1) is 18.5. The minimum atomic E-state index is -0.431. The Morgan fingerprint density at radius 2 is 1.89 bits per heavy atom. The van der Waals surface area contributed by atoms with E-state index in [4.69, 9.17) is 9.15 Å². The normalized spacial score (nSPS) is 21.6. The summed E-state index contributed by atoms with van der Waals surface area (Å²) in [4.78, 5) is 33.7. The molecule has 2 aromatic carbocycles. The Morgan fingerprint density at radius 3 is 2.68 bits per heavy atom. The van der Waals surface area contributed by atoms with Gasteiger partial charge in [-0.2, -0.15) is 0 Å². The highest BCUT2D eigenvalue weighted by molar-refractivity contribution is 6.15. The summed E-state index contributed by atoms with van der Waals surface area (Å²) in [5.41, 5.74) is 3.25. The van der Waals surface area contributed by atoms with Crippen LogP contribution in [0, 0.1) is 0 Å². The number of benzene rings is 2. The summed E-state index contributed by atoms with van der Waals surface area (Å²) in [6, 6.07) is 14.7. The van der Waals surface area contributed by atoms with Gasteiger partial charge < -0.3 is 14.1 Å². The van der Waals surface area contributed by atoms with Crippen LogP contribution >= 0.6 is 0 Å². The quantitative estimate of drug-likeness (QED) is 0.432. The number of likely N-dealkylation sites (N-methyl/N-ethyl adjacent to an activating group) is 1. The summed E-state index contributed by atoms with van der Waals surface area (Å²) in [5.74, 6) is 0.312. The van der Waals surface area contributed by atoms with Crippen LogP contribution in [0.5, 0.6) is 5.75 Å². The third-order valence-corrected chi connectivity index (χ3v) is 8.64. The third kappa shape index (κ3) is 4.63. The van der Waals surface area contributed by atoms with Crippen molar-refractivity contribution in [1.29, 1.82) is 0 Å². The highest BCUT2D eigenvalue weighted by atomic mass is 16.5. The average Bonchev–Trinajstić information content (AvgIpc) is 3.12. The van der Waals surface area contributed by atoms with Crippen molar-refractivity contribution in [2.45, 2.75) is 57.5 Å². The molecular weight excluding hydrogens is 478 g/mol. The number of ether oxygens (including phenoxy) is 1. The molecule has 1 amide bonds. The summed E-state index contributed by atoms with van der Waals surface area (Å²) in [6.07, 6.45) is 6.00. The number of nitrogens with zero attached hydrogens (tertiary/aromatic N) is 3. The number of likely N-dealkylation sites (tertiary alicyclic amines) is 1. The van der Waals surface area contributed by atoms with E-state index in [1.54, 1.807) is 6.07 Å². The number of amides is 1. The Labute approximate surface area is 224 Å². The number of rotatable bonds is 7. The highest BCUT2D eigenvalue weighted by Gasteiger charge is 2.37. The molecule has 4 heterocycles. The van der Waals surface area contributed by atoms with Crippen LogP contribution in [0.25, 0.3) is 11.0 Å². The van der Waals surface area contributed by atoms with Gasteiger partial charge in [0.25, 0.3) is 5.91 Å². The molecule has 2 saturated heterocycles. The molecule has 1 aromatic heterocycles. The van der Waals surface area contributed by atoms with E-state index in [-0.39, 0.29) is 5.91 Å². The molecule has 2 unspecified atom stereocenters. The van der Waals surface area contributed by atoms with Gasteiger partial charge in [0.2, 0.25) is 0 Å². The predicted molar refractivity (Wildman–Crippen MR) is 149 cm³/mol. The van der Waals surface area contributed by atoms with Crippen LogP contribution < -0.4 is 15.3 Å². The largest absolute Gasteiger partial charge is 0.491 e. The van der Waals surface area contributed by atoms with E-state index >= 15 is 0 Å². The molecule has 2 bridgehead atoms. The molecular formula is C31H37N3O4. The molecule has 6 rings (SSSR count). The molecule has 7 heteroatoms. The van der Waals surface area contributed by atoms with E-state index in [0.29, 0.717) is 42.1 Å². The molecule has 2 fully saturated rings. The number of anilines is 1. The molecule has 7 nitrogen and oxygen atoms in total. The summed E-state index contributed by atoms with van der Waals surface area (Å²) in [7, 11) is 2.24. The number of hydrogen-bond acceptors (Lipinski definition) is 6. The lowest BCUT2D eigenvalue weighted by molar-refractivity contribution is 0.0778. The number of hydrogen-bond donors (Lipinski definition) is 0. The second-order valence-electron chi connectivity index (χ2n) is 11.0. The standard InChI is InChI=1S/C31H37N3O4/c1-3-7-22-18-28(35)38-30-25(22)13-14-27(37-17-16-33-19-23-11-12-24(20-33)32(23)2)29(30)31(36)34-15-6-9-21-8-4-5-10-26(21)34/h4-5,8,10,13-14,18,23-24H,3,6-7,9,11-12,15-17,19-20H2,1-2H3. The van der Waals surface area contributed by atoms with Gasteiger partial charge in [-0.05, 0) is 68.5 Å². The summed E-state index contributed by atoms with van der Waals surface area (Å²) < 4.78 is 12.1. The molecule has 3 aliphatic heterocycles. The first kappa shape index (κ1) is 25.1. The van der Waals surface area contributed by atoms with Crippen LogP contribution in [0.3, 0.4) is 0 Å². The zero-order valence-corrected chi connectivity index (χ0v) is 22.4. The van der Waals surface area contributed by atoms with Crippen molar-refractivity contribution in [1.82, 2.24) is 9.80 Å². The second kappa shape index (κ2) is 10.5. The van der Waals surface area contributed by atoms with Gasteiger partial charge in [0.05, 0.1) is 0 Å². The van der Waals surface area contributed by atoms with Crippen molar-refractivity contribution < 1.29 is 13.9 Å². The molecule has 2 atom stereocenters. The number of para-hydroxylation sites is 1. The van der Waals surface area contributed by atoms with E-state index in [2.05, 4.69) is 29.8 Å². The van der Waals surface area contributed by atoms with Crippen LogP contribution in [0.15, 0.2) is 51.7 Å². The lowest BCUT2D eigenvalue weighted by atomic mass is 9.98. The van der Waals surface area contributed by atoms with Crippen LogP contribution in [-0.4, -0.2) is 67.6 Å². The summed E-state index contributed by atoms with van der Waals surface area (Å²) in [5, 5.41) is 0.808. The van der Waals surface area contributed by atoms with Gasteiger partial charge in [-0.15, -0.1) is 0 Å². The lowest BCUT2D eigenvalue weighted by Crippen LogP contribution is -2.52. The Kier molecular flexibility index (Phi) is 6.97. The number of carbonyl (C=O) groups excluding carboxylic acids is 1. The van der Waals surface area contributed by atoms with Crippen molar-refractivity contribution in [2.24, 2.45) is 0 Å². The number of piperazine rings is 1. The monoisotopic (exact) mass is 515 g/mol. The maximum absolute atomic E-state index is 14.2. The Hall–Kier alpha value is -3.16. The van der Waals surface area contributed by atoms with Gasteiger partial charge in [0, 0.05) is 55.4 Å². The molecule has 3 aromatic rings. The van der Waals surface area contributed by atoms with E-state index < -0.39 is 5.63 Å². The smallest absolute Gasteiger partial charge is 0.336 e. The molecule has 0 N–H and O–H groups in total. The van der Waals surface area contributed by atoms with Gasteiger partial charge in [-0.3, -0.25) is 14.6 Å². The number of aryl methyl sites for hydroxylation is 2. The zero-order chi connectivity index (χ0) is 26.2. The van der Waals surface area contributed by atoms with Crippen molar-refractivity contribution in [2.75, 3.05) is 44.7 Å². The minimum Gasteiger partial charge on any atom is -0.491 e. The fourth-order valence-electron chi connectivity index (χ4n) is 6.62. The summed E-state index contributed by atoms with van der Waals surface area (Å²) in [6.45, 7) is 6.09. The van der Waals surface area contributed by atoms with Crippen LogP contribution in [0.4, 0.5) is 5.69 Å². The maximum Gasteiger partial charge on any atom is 0.336 e. The third-order valence-electron chi connectivity index (χ3n) is 8.64. The van der Waals surface area contributed by atoms with Crippen LogP contribution in [0.2, 0.25) is 0 Å². The predicted octanol–water partition coefficient (Wildman–Crippen LogP) is 4.50. The molecule has 0 saturated carbocycles. The van der Waals surface area contributed by atoms with Crippen LogP contribution in [-0.2, 0) is 12.8 Å². The Morgan fingerprint density at radius 1 is 1.11 bits per heavy atom. The zero-order valence-electron chi connectivity index (χ0n) is 22.4. The van der Waals surface area contributed by atoms with Crippen molar-refractivity contribution in [3.05, 3.63) is 69.6 Å². The molecule has 200 valence electrons. The topological polar surface area (TPSA) is 66.2 Å². The maximum atomic E-state index is 14.2. The van der Waals surface area contributed by atoms with E-state index in [1.165, 1.54) is 12.8 Å². The van der Waals surface area contributed by atoms with E-state index in [9.17, 15) is 9.59 Å². The van der Waals surface area contributed by atoms with Crippen LogP contribution in [0.1, 0.15) is 54.1 Å². The number of fused-ring (bicyclic) bond motifs is 4. The SMILES string of the molecule is CCCc1cc(=O)oc2c(C(=O)N3CCCc4ccccc43)c(OCCN3CC4CCC(C3)N4C)ccc12. The summed E-state index contributed by atoms with van der Waals surface area (Å²) >= 11 is 0. The highest BCUT2D eigenvalue weighted by Crippen LogP contribution is 2.35. The fourth-order valence-corrected chi connectivity index (χ4v) is 6.62. The van der Waals surface area contributed by atoms with Gasteiger partial charge in [0.15, 0.2) is 5.58 Å². The molecule has 3 aliphatic rings. The lowest BCUT2D eigenvalue weighted by Gasteiger charge is -2.38. The van der Waals surface area contributed by atoms with Gasteiger partial charge in [0.1, 0.15) is 17.9 Å². The van der Waals surface area contributed by atoms with Crippen molar-refractivity contribution >= 4 is 22.6 Å². The van der Waals surface area contributed by atoms with Crippen molar-refractivity contribution in [3.63, 3.8) is 0 Å². The van der Waals surface area contributed by atoms with Gasteiger partial charge in [-0.25, -0.2) is 4.79 Å². The Balaban J connectivity index is 1.34. The van der Waals surface area contributed by atoms with Gasteiger partial charge in [-0.1, -0.05) is 31.5 Å². The molecule has 0 radical (unpaired) electrons. The van der Waals surface area contributed by atoms with E-state index in [0.717, 1.165) is 67.5 Å². The fraction of sp³-hybridized carbons (Fsp3) is 0.484. The van der Waals surface area contributed by atoms with Crippen molar-refractivity contribution in [3.8, 4) is 5.75 Å².